The summed E-state index contributed by atoms with van der Waals surface area (Å²) in [6.07, 6.45) is 3.68. The van der Waals surface area contributed by atoms with E-state index in [0.29, 0.717) is 17.5 Å². The van der Waals surface area contributed by atoms with E-state index in [-0.39, 0.29) is 0 Å². The molecule has 6 aromatic carbocycles. The molecule has 0 radical (unpaired) electrons. The van der Waals surface area contributed by atoms with Gasteiger partial charge in [0.2, 0.25) is 0 Å². The molecule has 0 N–H and O–H groups in total. The summed E-state index contributed by atoms with van der Waals surface area (Å²) in [7, 11) is 0. The van der Waals surface area contributed by atoms with Crippen LogP contribution in [0.1, 0.15) is 0 Å². The minimum absolute atomic E-state index is 0.603. The minimum Gasteiger partial charge on any atom is -0.456 e. The molecule has 0 atom stereocenters. The number of pyridine rings is 1. The molecule has 3 heterocycles. The maximum Gasteiger partial charge on any atom is 0.164 e. The first-order valence-electron chi connectivity index (χ1n) is 15.5. The molecule has 0 bridgehead atoms. The van der Waals surface area contributed by atoms with Gasteiger partial charge in [-0.3, -0.25) is 4.98 Å². The highest BCUT2D eigenvalue weighted by Crippen LogP contribution is 2.37. The molecule has 0 fully saturated rings. The highest BCUT2D eigenvalue weighted by Gasteiger charge is 2.16. The molecule has 0 aliphatic carbocycles. The lowest BCUT2D eigenvalue weighted by molar-refractivity contribution is 0.669. The van der Waals surface area contributed by atoms with Crippen LogP contribution in [0.5, 0.6) is 0 Å². The fraction of sp³-hybridized carbons (Fsp3) is 0. The monoisotopic (exact) mass is 602 g/mol. The molecule has 5 nitrogen and oxygen atoms in total. The van der Waals surface area contributed by atoms with Gasteiger partial charge in [-0.25, -0.2) is 15.0 Å². The minimum atomic E-state index is 0.603. The summed E-state index contributed by atoms with van der Waals surface area (Å²) in [6, 6.07) is 49.8. The standard InChI is InChI=1S/C42H26N4O/c1-3-10-27(11-4-1)40-44-41(28-12-5-2-6-13-28)46-42(45-40)35-21-33(20-34(22-35)32-16-9-19-43-26-32)31-17-18-38-36(24-31)37-23-29-14-7-8-15-30(29)25-39(37)47-38/h1-26H. The van der Waals surface area contributed by atoms with Crippen molar-refractivity contribution in [2.24, 2.45) is 0 Å². The van der Waals surface area contributed by atoms with Crippen LogP contribution in [0.2, 0.25) is 0 Å². The third kappa shape index (κ3) is 5.00. The van der Waals surface area contributed by atoms with Crippen LogP contribution >= 0.6 is 0 Å². The number of aromatic nitrogens is 4. The zero-order chi connectivity index (χ0) is 31.2. The molecule has 0 saturated heterocycles. The quantitative estimate of drug-likeness (QED) is 0.196. The average molecular weight is 603 g/mol. The van der Waals surface area contributed by atoms with Gasteiger partial charge in [0, 0.05) is 45.4 Å². The molecule has 0 saturated carbocycles. The number of hydrogen-bond acceptors (Lipinski definition) is 5. The molecule has 0 unspecified atom stereocenters. The molecular weight excluding hydrogens is 576 g/mol. The number of hydrogen-bond donors (Lipinski definition) is 0. The lowest BCUT2D eigenvalue weighted by Crippen LogP contribution is -2.00. The van der Waals surface area contributed by atoms with Crippen molar-refractivity contribution >= 4 is 32.7 Å². The molecule has 220 valence electrons. The van der Waals surface area contributed by atoms with Gasteiger partial charge in [0.15, 0.2) is 17.5 Å². The summed E-state index contributed by atoms with van der Waals surface area (Å²) >= 11 is 0. The van der Waals surface area contributed by atoms with E-state index in [1.807, 2.05) is 72.9 Å². The van der Waals surface area contributed by atoms with E-state index in [1.165, 1.54) is 5.39 Å². The Balaban J connectivity index is 1.26. The smallest absolute Gasteiger partial charge is 0.164 e. The molecule has 5 heteroatoms. The van der Waals surface area contributed by atoms with E-state index < -0.39 is 0 Å². The van der Waals surface area contributed by atoms with Gasteiger partial charge in [0.25, 0.3) is 0 Å². The van der Waals surface area contributed by atoms with Gasteiger partial charge in [-0.1, -0.05) is 97.1 Å². The van der Waals surface area contributed by atoms with Crippen LogP contribution in [-0.4, -0.2) is 19.9 Å². The van der Waals surface area contributed by atoms with E-state index in [9.17, 15) is 0 Å². The third-order valence-corrected chi connectivity index (χ3v) is 8.56. The number of rotatable bonds is 5. The number of fused-ring (bicyclic) bond motifs is 4. The van der Waals surface area contributed by atoms with Crippen LogP contribution < -0.4 is 0 Å². The second kappa shape index (κ2) is 11.2. The van der Waals surface area contributed by atoms with Crippen LogP contribution in [-0.2, 0) is 0 Å². The molecule has 0 aliphatic heterocycles. The van der Waals surface area contributed by atoms with E-state index in [4.69, 9.17) is 19.4 Å². The van der Waals surface area contributed by atoms with Crippen LogP contribution in [0.25, 0.3) is 89.1 Å². The van der Waals surface area contributed by atoms with Gasteiger partial charge in [-0.2, -0.15) is 0 Å². The van der Waals surface area contributed by atoms with Gasteiger partial charge in [0.05, 0.1) is 0 Å². The van der Waals surface area contributed by atoms with Gasteiger partial charge in [-0.15, -0.1) is 0 Å². The van der Waals surface area contributed by atoms with Crippen molar-refractivity contribution in [3.05, 3.63) is 158 Å². The number of furan rings is 1. The molecule has 0 spiro atoms. The summed E-state index contributed by atoms with van der Waals surface area (Å²) in [5, 5.41) is 4.53. The fourth-order valence-electron chi connectivity index (χ4n) is 6.20. The van der Waals surface area contributed by atoms with Crippen LogP contribution in [0.4, 0.5) is 0 Å². The van der Waals surface area contributed by atoms with E-state index >= 15 is 0 Å². The van der Waals surface area contributed by atoms with Gasteiger partial charge in [0.1, 0.15) is 11.2 Å². The molecule has 3 aromatic heterocycles. The van der Waals surface area contributed by atoms with E-state index in [0.717, 1.165) is 66.3 Å². The van der Waals surface area contributed by atoms with Crippen molar-refractivity contribution < 1.29 is 4.42 Å². The molecule has 0 aliphatic rings. The first kappa shape index (κ1) is 26.9. The Labute approximate surface area is 270 Å². The van der Waals surface area contributed by atoms with Gasteiger partial charge >= 0.3 is 0 Å². The molecular formula is C42H26N4O. The topological polar surface area (TPSA) is 64.7 Å². The Morgan fingerprint density at radius 1 is 0.362 bits per heavy atom. The largest absolute Gasteiger partial charge is 0.456 e. The van der Waals surface area contributed by atoms with Crippen LogP contribution in [0.15, 0.2) is 162 Å². The predicted octanol–water partition coefficient (Wildman–Crippen LogP) is 10.7. The summed E-state index contributed by atoms with van der Waals surface area (Å²) < 4.78 is 6.31. The summed E-state index contributed by atoms with van der Waals surface area (Å²) in [5.41, 5.74) is 8.65. The normalized spacial score (nSPS) is 11.4. The maximum atomic E-state index is 6.31. The fourth-order valence-corrected chi connectivity index (χ4v) is 6.20. The average Bonchev–Trinajstić information content (AvgIpc) is 3.51. The maximum absolute atomic E-state index is 6.31. The second-order valence-corrected chi connectivity index (χ2v) is 11.6. The lowest BCUT2D eigenvalue weighted by Gasteiger charge is -2.12. The lowest BCUT2D eigenvalue weighted by atomic mass is 9.95. The SMILES string of the molecule is c1ccc(-c2nc(-c3ccccc3)nc(-c3cc(-c4cccnc4)cc(-c4ccc5oc6cc7ccccc7cc6c5c4)c3)n2)cc1. The summed E-state index contributed by atoms with van der Waals surface area (Å²) in [5.74, 6) is 1.86. The summed E-state index contributed by atoms with van der Waals surface area (Å²) in [6.45, 7) is 0. The second-order valence-electron chi connectivity index (χ2n) is 11.6. The van der Waals surface area contributed by atoms with Crippen molar-refractivity contribution in [2.75, 3.05) is 0 Å². The van der Waals surface area contributed by atoms with Crippen molar-refractivity contribution in [1.29, 1.82) is 0 Å². The van der Waals surface area contributed by atoms with Gasteiger partial charge in [-0.05, 0) is 76.0 Å². The van der Waals surface area contributed by atoms with Crippen molar-refractivity contribution in [3.63, 3.8) is 0 Å². The zero-order valence-electron chi connectivity index (χ0n) is 25.2. The number of benzene rings is 6. The first-order valence-corrected chi connectivity index (χ1v) is 15.5. The molecule has 0 amide bonds. The van der Waals surface area contributed by atoms with E-state index in [2.05, 4.69) is 83.8 Å². The Kier molecular flexibility index (Phi) is 6.39. The Morgan fingerprint density at radius 3 is 1.57 bits per heavy atom. The molecule has 47 heavy (non-hydrogen) atoms. The molecule has 9 rings (SSSR count). The zero-order valence-corrected chi connectivity index (χ0v) is 25.2. The van der Waals surface area contributed by atoms with Crippen molar-refractivity contribution in [2.45, 2.75) is 0 Å². The predicted molar refractivity (Wildman–Crippen MR) is 190 cm³/mol. The number of nitrogens with zero attached hydrogens (tertiary/aromatic N) is 4. The van der Waals surface area contributed by atoms with Gasteiger partial charge < -0.3 is 4.42 Å². The first-order chi connectivity index (χ1) is 23.2. The highest BCUT2D eigenvalue weighted by atomic mass is 16.3. The Morgan fingerprint density at radius 2 is 0.915 bits per heavy atom. The summed E-state index contributed by atoms with van der Waals surface area (Å²) in [4.78, 5) is 19.4. The van der Waals surface area contributed by atoms with Crippen LogP contribution in [0, 0.1) is 0 Å². The Hall–Kier alpha value is -6.46. The molecule has 9 aromatic rings. The third-order valence-electron chi connectivity index (χ3n) is 8.56. The van der Waals surface area contributed by atoms with Crippen LogP contribution in [0.3, 0.4) is 0 Å². The van der Waals surface area contributed by atoms with E-state index in [1.54, 1.807) is 6.20 Å². The van der Waals surface area contributed by atoms with Crippen molar-refractivity contribution in [3.8, 4) is 56.4 Å². The Bertz CT molecular complexity index is 2500. The highest BCUT2D eigenvalue weighted by molar-refractivity contribution is 6.11. The van der Waals surface area contributed by atoms with Crippen molar-refractivity contribution in [1.82, 2.24) is 19.9 Å².